The fraction of sp³-hybridized carbons (Fsp3) is 0.938. The Bertz CT molecular complexity index is 334. The Hall–Kier alpha value is -0.570. The van der Waals surface area contributed by atoms with Crippen molar-refractivity contribution in [2.24, 2.45) is 17.1 Å². The second kappa shape index (κ2) is 5.43. The maximum atomic E-state index is 12.7. The Balaban J connectivity index is 1.97. The maximum absolute atomic E-state index is 12.7. The molecule has 1 saturated heterocycles. The Kier molecular flexibility index (Phi) is 4.24. The molecule has 2 atom stereocenters. The first-order valence-corrected chi connectivity index (χ1v) is 7.97. The number of nitrogens with zero attached hydrogens (tertiary/aromatic N) is 1. The van der Waals surface area contributed by atoms with E-state index in [1.54, 1.807) is 0 Å². The first-order valence-electron chi connectivity index (χ1n) is 7.97. The zero-order valence-corrected chi connectivity index (χ0v) is 12.9. The molecular formula is C16H30N2O. The number of rotatable bonds is 2. The molecule has 0 spiro atoms. The highest BCUT2D eigenvalue weighted by molar-refractivity contribution is 5.86. The normalized spacial score (nSPS) is 35.2. The van der Waals surface area contributed by atoms with E-state index in [1.165, 1.54) is 12.8 Å². The van der Waals surface area contributed by atoms with Gasteiger partial charge in [0.15, 0.2) is 0 Å². The summed E-state index contributed by atoms with van der Waals surface area (Å²) in [7, 11) is 0. The number of nitrogens with two attached hydrogens (primary N) is 1. The van der Waals surface area contributed by atoms with Crippen molar-refractivity contribution in [2.45, 2.75) is 71.3 Å². The molecule has 0 bridgehead atoms. The number of likely N-dealkylation sites (tertiary alicyclic amines) is 1. The van der Waals surface area contributed by atoms with Gasteiger partial charge in [-0.3, -0.25) is 4.79 Å². The molecule has 2 aliphatic rings. The minimum atomic E-state index is -0.572. The van der Waals surface area contributed by atoms with Gasteiger partial charge in [-0.2, -0.15) is 0 Å². The van der Waals surface area contributed by atoms with Crippen LogP contribution in [0.3, 0.4) is 0 Å². The number of piperidine rings is 1. The van der Waals surface area contributed by atoms with Crippen LogP contribution in [0.1, 0.15) is 65.7 Å². The molecule has 1 heterocycles. The van der Waals surface area contributed by atoms with Crippen molar-refractivity contribution in [3.05, 3.63) is 0 Å². The lowest BCUT2D eigenvalue weighted by Gasteiger charge is -2.44. The van der Waals surface area contributed by atoms with Gasteiger partial charge in [0, 0.05) is 13.1 Å². The molecule has 0 radical (unpaired) electrons. The number of hydrogen-bond acceptors (Lipinski definition) is 2. The third-order valence-electron chi connectivity index (χ3n) is 5.57. The van der Waals surface area contributed by atoms with Gasteiger partial charge < -0.3 is 10.6 Å². The van der Waals surface area contributed by atoms with E-state index in [0.29, 0.717) is 11.3 Å². The van der Waals surface area contributed by atoms with Crippen LogP contribution < -0.4 is 5.73 Å². The van der Waals surface area contributed by atoms with E-state index in [-0.39, 0.29) is 5.91 Å². The molecule has 1 aliphatic carbocycles. The Labute approximate surface area is 117 Å². The molecule has 2 unspecified atom stereocenters. The molecule has 1 amide bonds. The summed E-state index contributed by atoms with van der Waals surface area (Å²) in [5.41, 5.74) is 6.29. The predicted octanol–water partition coefficient (Wildman–Crippen LogP) is 2.93. The molecule has 0 aromatic rings. The smallest absolute Gasteiger partial charge is 0.242 e. The van der Waals surface area contributed by atoms with Crippen molar-refractivity contribution < 1.29 is 4.79 Å². The highest BCUT2D eigenvalue weighted by atomic mass is 16.2. The van der Waals surface area contributed by atoms with Gasteiger partial charge in [-0.25, -0.2) is 0 Å². The molecule has 0 aromatic carbocycles. The molecule has 1 saturated carbocycles. The Morgan fingerprint density at radius 1 is 1.32 bits per heavy atom. The van der Waals surface area contributed by atoms with E-state index in [4.69, 9.17) is 5.73 Å². The van der Waals surface area contributed by atoms with Crippen LogP contribution in [0.25, 0.3) is 0 Å². The lowest BCUT2D eigenvalue weighted by molar-refractivity contribution is -0.141. The van der Waals surface area contributed by atoms with Crippen LogP contribution >= 0.6 is 0 Å². The number of amides is 1. The standard InChI is InChI=1S/C16H30N2O/c1-4-15(3)8-10-18(11-9-15)14(19)16(17)7-5-6-13(2)12-16/h13H,4-12,17H2,1-3H3. The molecule has 19 heavy (non-hydrogen) atoms. The first kappa shape index (κ1) is 14.8. The summed E-state index contributed by atoms with van der Waals surface area (Å²) >= 11 is 0. The maximum Gasteiger partial charge on any atom is 0.242 e. The number of carbonyl (C=O) groups excluding carboxylic acids is 1. The van der Waals surface area contributed by atoms with E-state index in [9.17, 15) is 4.79 Å². The van der Waals surface area contributed by atoms with Gasteiger partial charge in [0.25, 0.3) is 0 Å². The largest absolute Gasteiger partial charge is 0.341 e. The van der Waals surface area contributed by atoms with Gasteiger partial charge in [-0.1, -0.05) is 40.0 Å². The van der Waals surface area contributed by atoms with Gasteiger partial charge in [-0.05, 0) is 37.0 Å². The summed E-state index contributed by atoms with van der Waals surface area (Å²) in [4.78, 5) is 14.8. The van der Waals surface area contributed by atoms with Crippen molar-refractivity contribution >= 4 is 5.91 Å². The van der Waals surface area contributed by atoms with Gasteiger partial charge in [0.1, 0.15) is 0 Å². The monoisotopic (exact) mass is 266 g/mol. The summed E-state index contributed by atoms with van der Waals surface area (Å²) in [6, 6.07) is 0. The van der Waals surface area contributed by atoms with E-state index < -0.39 is 5.54 Å². The van der Waals surface area contributed by atoms with Crippen molar-refractivity contribution in [3.63, 3.8) is 0 Å². The molecule has 110 valence electrons. The number of hydrogen-bond donors (Lipinski definition) is 1. The van der Waals surface area contributed by atoms with Gasteiger partial charge in [-0.15, -0.1) is 0 Å². The zero-order chi connectivity index (χ0) is 14.1. The van der Waals surface area contributed by atoms with Gasteiger partial charge >= 0.3 is 0 Å². The second-order valence-electron chi connectivity index (χ2n) is 7.31. The molecule has 2 rings (SSSR count). The Morgan fingerprint density at radius 3 is 2.47 bits per heavy atom. The van der Waals surface area contributed by atoms with E-state index >= 15 is 0 Å². The second-order valence-corrected chi connectivity index (χ2v) is 7.31. The van der Waals surface area contributed by atoms with E-state index in [1.807, 2.05) is 4.90 Å². The van der Waals surface area contributed by atoms with Crippen molar-refractivity contribution in [1.29, 1.82) is 0 Å². The fourth-order valence-electron chi connectivity index (χ4n) is 3.70. The third-order valence-corrected chi connectivity index (χ3v) is 5.57. The van der Waals surface area contributed by atoms with Crippen LogP contribution in [0.4, 0.5) is 0 Å². The van der Waals surface area contributed by atoms with Crippen LogP contribution in [-0.4, -0.2) is 29.4 Å². The van der Waals surface area contributed by atoms with E-state index in [0.717, 1.165) is 45.2 Å². The van der Waals surface area contributed by atoms with Crippen molar-refractivity contribution in [1.82, 2.24) is 4.90 Å². The van der Waals surface area contributed by atoms with Crippen LogP contribution in [0.15, 0.2) is 0 Å². The summed E-state index contributed by atoms with van der Waals surface area (Å²) in [5.74, 6) is 0.811. The Morgan fingerprint density at radius 2 is 1.95 bits per heavy atom. The fourth-order valence-corrected chi connectivity index (χ4v) is 3.70. The highest BCUT2D eigenvalue weighted by Gasteiger charge is 2.42. The summed E-state index contributed by atoms with van der Waals surface area (Å²) in [5, 5.41) is 0. The topological polar surface area (TPSA) is 46.3 Å². The molecule has 3 heteroatoms. The molecule has 2 N–H and O–H groups in total. The minimum Gasteiger partial charge on any atom is -0.341 e. The van der Waals surface area contributed by atoms with Crippen molar-refractivity contribution in [3.8, 4) is 0 Å². The summed E-state index contributed by atoms with van der Waals surface area (Å²) in [6.07, 6.45) is 7.52. The quantitative estimate of drug-likeness (QED) is 0.835. The van der Waals surface area contributed by atoms with E-state index in [2.05, 4.69) is 20.8 Å². The lowest BCUT2D eigenvalue weighted by atomic mass is 9.74. The average molecular weight is 266 g/mol. The summed E-state index contributed by atoms with van der Waals surface area (Å²) in [6.45, 7) is 8.62. The van der Waals surface area contributed by atoms with Gasteiger partial charge in [0.05, 0.1) is 5.54 Å². The molecule has 2 fully saturated rings. The first-order chi connectivity index (χ1) is 8.88. The highest BCUT2D eigenvalue weighted by Crippen LogP contribution is 2.37. The predicted molar refractivity (Wildman–Crippen MR) is 78.8 cm³/mol. The van der Waals surface area contributed by atoms with Crippen LogP contribution in [0.2, 0.25) is 0 Å². The average Bonchev–Trinajstić information content (AvgIpc) is 2.38. The van der Waals surface area contributed by atoms with Crippen molar-refractivity contribution in [2.75, 3.05) is 13.1 Å². The minimum absolute atomic E-state index is 0.220. The van der Waals surface area contributed by atoms with Gasteiger partial charge in [0.2, 0.25) is 5.91 Å². The lowest BCUT2D eigenvalue weighted by Crippen LogP contribution is -2.59. The third kappa shape index (κ3) is 3.13. The SMILES string of the molecule is CCC1(C)CCN(C(=O)C2(N)CCCC(C)C2)CC1. The molecule has 1 aliphatic heterocycles. The molecule has 3 nitrogen and oxygen atoms in total. The van der Waals surface area contributed by atoms with Crippen LogP contribution in [-0.2, 0) is 4.79 Å². The molecule has 0 aromatic heterocycles. The molecular weight excluding hydrogens is 236 g/mol. The summed E-state index contributed by atoms with van der Waals surface area (Å²) < 4.78 is 0. The van der Waals surface area contributed by atoms with Crippen LogP contribution in [0.5, 0.6) is 0 Å². The van der Waals surface area contributed by atoms with Crippen LogP contribution in [0, 0.1) is 11.3 Å². The zero-order valence-electron chi connectivity index (χ0n) is 12.9. The number of carbonyl (C=O) groups is 1.